The molecule has 0 radical (unpaired) electrons. The van der Waals surface area contributed by atoms with Gasteiger partial charge in [0, 0.05) is 5.41 Å². The van der Waals surface area contributed by atoms with Gasteiger partial charge in [0.25, 0.3) is 0 Å². The van der Waals surface area contributed by atoms with E-state index in [0.717, 1.165) is 31.1 Å². The molecule has 24 heavy (non-hydrogen) atoms. The van der Waals surface area contributed by atoms with Crippen LogP contribution in [0, 0.1) is 29.1 Å². The summed E-state index contributed by atoms with van der Waals surface area (Å²) in [6, 6.07) is 0. The second-order valence-corrected chi connectivity index (χ2v) is 9.47. The molecule has 6 atom stereocenters. The number of aliphatic hydroxyl groups is 1. The molecular weight excluding hydrogens is 407 g/mol. The van der Waals surface area contributed by atoms with Crippen LogP contribution in [0.1, 0.15) is 64.7 Å². The molecular formula is C22H31IO. The molecule has 2 heteroatoms. The van der Waals surface area contributed by atoms with Crippen molar-refractivity contribution in [3.05, 3.63) is 34.0 Å². The Morgan fingerprint density at radius 3 is 2.96 bits per heavy atom. The highest BCUT2D eigenvalue weighted by Crippen LogP contribution is 2.67. The van der Waals surface area contributed by atoms with E-state index >= 15 is 0 Å². The molecule has 4 aliphatic carbocycles. The van der Waals surface area contributed by atoms with Crippen LogP contribution in [0.5, 0.6) is 0 Å². The number of fused-ring (bicyclic) bond motifs is 5. The quantitative estimate of drug-likeness (QED) is 0.403. The van der Waals surface area contributed by atoms with Gasteiger partial charge in [0.1, 0.15) is 0 Å². The normalized spacial score (nSPS) is 48.0. The zero-order valence-corrected chi connectivity index (χ0v) is 17.1. The van der Waals surface area contributed by atoms with Crippen LogP contribution in [0.25, 0.3) is 0 Å². The lowest BCUT2D eigenvalue weighted by atomic mass is 9.48. The Labute approximate surface area is 160 Å². The summed E-state index contributed by atoms with van der Waals surface area (Å²) in [4.78, 5) is 0. The number of hydrogen-bond donors (Lipinski definition) is 1. The Kier molecular flexibility index (Phi) is 4.52. The maximum Gasteiger partial charge on any atom is 0.0896 e. The molecule has 4 aliphatic rings. The highest BCUT2D eigenvalue weighted by molar-refractivity contribution is 14.1. The van der Waals surface area contributed by atoms with E-state index in [1.165, 1.54) is 44.1 Å². The SMILES string of the molecule is C=C1C[C@@]2(CC)[C@@H](CC[C@@]2(O)/C=C\I)[C@@H]2CCC3=CCCC[C@@H]3[C@@H]12. The van der Waals surface area contributed by atoms with E-state index in [2.05, 4.69) is 48.2 Å². The Hall–Kier alpha value is -0.0900. The summed E-state index contributed by atoms with van der Waals surface area (Å²) in [6.07, 6.45) is 15.5. The zero-order chi connectivity index (χ0) is 16.9. The van der Waals surface area contributed by atoms with Crippen molar-refractivity contribution in [2.75, 3.05) is 0 Å². The lowest BCUT2D eigenvalue weighted by molar-refractivity contribution is -0.0844. The summed E-state index contributed by atoms with van der Waals surface area (Å²) >= 11 is 2.27. The first-order valence-corrected chi connectivity index (χ1v) is 11.2. The van der Waals surface area contributed by atoms with Gasteiger partial charge in [-0.2, -0.15) is 0 Å². The van der Waals surface area contributed by atoms with E-state index < -0.39 is 5.60 Å². The predicted molar refractivity (Wildman–Crippen MR) is 109 cm³/mol. The summed E-state index contributed by atoms with van der Waals surface area (Å²) in [7, 11) is 0. The molecule has 4 rings (SSSR count). The third-order valence-corrected chi connectivity index (χ3v) is 8.53. The van der Waals surface area contributed by atoms with Crippen LogP contribution in [0.4, 0.5) is 0 Å². The van der Waals surface area contributed by atoms with Gasteiger partial charge in [0.15, 0.2) is 0 Å². The number of allylic oxidation sites excluding steroid dienone is 3. The fourth-order valence-corrected chi connectivity index (χ4v) is 7.80. The fraction of sp³-hybridized carbons (Fsp3) is 0.727. The van der Waals surface area contributed by atoms with Crippen molar-refractivity contribution < 1.29 is 5.11 Å². The van der Waals surface area contributed by atoms with Crippen molar-refractivity contribution in [3.63, 3.8) is 0 Å². The van der Waals surface area contributed by atoms with Crippen molar-refractivity contribution in [3.8, 4) is 0 Å². The van der Waals surface area contributed by atoms with E-state index in [1.807, 2.05) is 4.08 Å². The summed E-state index contributed by atoms with van der Waals surface area (Å²) in [5.74, 6) is 2.90. The Morgan fingerprint density at radius 2 is 2.21 bits per heavy atom. The van der Waals surface area contributed by atoms with Gasteiger partial charge in [-0.3, -0.25) is 0 Å². The highest BCUT2D eigenvalue weighted by Gasteiger charge is 2.63. The Morgan fingerprint density at radius 1 is 1.38 bits per heavy atom. The molecule has 0 aliphatic heterocycles. The lowest BCUT2D eigenvalue weighted by Crippen LogP contribution is -2.53. The van der Waals surface area contributed by atoms with Crippen LogP contribution < -0.4 is 0 Å². The van der Waals surface area contributed by atoms with Crippen molar-refractivity contribution in [2.45, 2.75) is 70.3 Å². The smallest absolute Gasteiger partial charge is 0.0896 e. The van der Waals surface area contributed by atoms with E-state index in [0.29, 0.717) is 11.8 Å². The van der Waals surface area contributed by atoms with Gasteiger partial charge in [-0.25, -0.2) is 0 Å². The topological polar surface area (TPSA) is 20.2 Å². The second kappa shape index (κ2) is 6.26. The molecule has 3 saturated carbocycles. The molecule has 0 amide bonds. The molecule has 0 heterocycles. The molecule has 1 nitrogen and oxygen atoms in total. The molecule has 0 bridgehead atoms. The molecule has 0 saturated heterocycles. The summed E-state index contributed by atoms with van der Waals surface area (Å²) in [5, 5.41) is 11.5. The van der Waals surface area contributed by atoms with Gasteiger partial charge >= 0.3 is 0 Å². The van der Waals surface area contributed by atoms with Crippen LogP contribution in [0.3, 0.4) is 0 Å². The molecule has 132 valence electrons. The fourth-order valence-electron chi connectivity index (χ4n) is 7.21. The minimum atomic E-state index is -0.621. The van der Waals surface area contributed by atoms with E-state index in [1.54, 1.807) is 5.57 Å². The highest BCUT2D eigenvalue weighted by atomic mass is 127. The van der Waals surface area contributed by atoms with Gasteiger partial charge < -0.3 is 5.11 Å². The molecule has 0 aromatic heterocycles. The van der Waals surface area contributed by atoms with Crippen molar-refractivity contribution >= 4 is 22.6 Å². The third-order valence-electron chi connectivity index (χ3n) is 8.17. The van der Waals surface area contributed by atoms with Crippen LogP contribution in [0.2, 0.25) is 0 Å². The monoisotopic (exact) mass is 438 g/mol. The molecule has 0 unspecified atom stereocenters. The molecule has 0 spiro atoms. The van der Waals surface area contributed by atoms with Gasteiger partial charge in [0.2, 0.25) is 0 Å². The summed E-state index contributed by atoms with van der Waals surface area (Å²) in [6.45, 7) is 6.90. The van der Waals surface area contributed by atoms with E-state index in [-0.39, 0.29) is 5.41 Å². The minimum absolute atomic E-state index is 0.0306. The van der Waals surface area contributed by atoms with Crippen molar-refractivity contribution in [1.29, 1.82) is 0 Å². The van der Waals surface area contributed by atoms with Gasteiger partial charge in [-0.05, 0) is 91.6 Å². The largest absolute Gasteiger partial charge is 0.385 e. The standard InChI is InChI=1S/C22H31IO/c1-3-21-14-15(2)20-17-7-5-4-6-16(17)8-9-18(20)19(21)10-11-22(21,24)12-13-23/h6,12-13,17-20,24H,2-5,7-11,14H2,1H3/b13-12-/t17-,18-,19-,20+,21-,22+/m0/s1. The molecule has 3 fully saturated rings. The Balaban J connectivity index is 1.73. The van der Waals surface area contributed by atoms with Crippen molar-refractivity contribution in [1.82, 2.24) is 0 Å². The minimum Gasteiger partial charge on any atom is -0.385 e. The third kappa shape index (κ3) is 2.27. The number of hydrogen-bond acceptors (Lipinski definition) is 1. The zero-order valence-electron chi connectivity index (χ0n) is 14.9. The van der Waals surface area contributed by atoms with Gasteiger partial charge in [-0.15, -0.1) is 0 Å². The first-order valence-electron chi connectivity index (χ1n) is 9.93. The molecule has 0 aromatic carbocycles. The first kappa shape index (κ1) is 17.3. The first-order chi connectivity index (χ1) is 11.6. The van der Waals surface area contributed by atoms with Crippen LogP contribution in [-0.2, 0) is 0 Å². The molecule has 1 N–H and O–H groups in total. The average molecular weight is 438 g/mol. The van der Waals surface area contributed by atoms with Crippen molar-refractivity contribution in [2.24, 2.45) is 29.1 Å². The number of rotatable bonds is 2. The van der Waals surface area contributed by atoms with Gasteiger partial charge in [0.05, 0.1) is 5.60 Å². The number of halogens is 1. The van der Waals surface area contributed by atoms with Crippen LogP contribution in [0.15, 0.2) is 34.0 Å². The predicted octanol–water partition coefficient (Wildman–Crippen LogP) is 6.19. The summed E-state index contributed by atoms with van der Waals surface area (Å²) < 4.78 is 2.04. The van der Waals surface area contributed by atoms with E-state index in [4.69, 9.17) is 0 Å². The average Bonchev–Trinajstić information content (AvgIpc) is 2.88. The lowest BCUT2D eigenvalue weighted by Gasteiger charge is -2.57. The maximum atomic E-state index is 11.5. The molecule has 0 aromatic rings. The van der Waals surface area contributed by atoms with E-state index in [9.17, 15) is 5.11 Å². The van der Waals surface area contributed by atoms with Crippen LogP contribution >= 0.6 is 22.6 Å². The van der Waals surface area contributed by atoms with Gasteiger partial charge in [-0.1, -0.05) is 53.3 Å². The Bertz CT molecular complexity index is 591. The second-order valence-electron chi connectivity index (χ2n) is 8.75. The van der Waals surface area contributed by atoms with Crippen LogP contribution in [-0.4, -0.2) is 10.7 Å². The maximum absolute atomic E-state index is 11.5. The summed E-state index contributed by atoms with van der Waals surface area (Å²) in [5.41, 5.74) is 2.61.